The molecule has 0 aliphatic heterocycles. The Bertz CT molecular complexity index is 1920. The lowest BCUT2D eigenvalue weighted by Crippen LogP contribution is -2.45. The fraction of sp³-hybridized carbons (Fsp3) is 0.122. The summed E-state index contributed by atoms with van der Waals surface area (Å²) in [7, 11) is 0. The van der Waals surface area contributed by atoms with Crippen molar-refractivity contribution >= 4 is 48.2 Å². The number of phenolic OH excluding ortho intramolecular Hbond substituents is 4. The Morgan fingerprint density at radius 2 is 0.614 bits per heavy atom. The van der Waals surface area contributed by atoms with Gasteiger partial charge in [0.25, 0.3) is 0 Å². The number of carboxylic acid groups (broad SMARTS) is 4. The quantitative estimate of drug-likeness (QED) is 0.0514. The van der Waals surface area contributed by atoms with Crippen LogP contribution in [0.1, 0.15) is 22.3 Å². The largest absolute Gasteiger partial charge is 0.504 e. The lowest BCUT2D eigenvalue weighted by Gasteiger charge is -2.33. The summed E-state index contributed by atoms with van der Waals surface area (Å²) < 4.78 is 24.2. The summed E-state index contributed by atoms with van der Waals surface area (Å²) in [6, 6.07) is 16.5. The number of carbonyl (C=O) groups is 4. The third kappa shape index (κ3) is 13.2. The van der Waals surface area contributed by atoms with Gasteiger partial charge in [0.15, 0.2) is 46.0 Å². The van der Waals surface area contributed by atoms with Crippen LogP contribution in [0.2, 0.25) is 0 Å². The molecule has 16 nitrogen and oxygen atoms in total. The SMILES string of the molecule is O=C(O)/C=C/c1ccc(OCC(COc2ccc(/C=C/C(=O)O)cc2O)(COc2ccc(/C=C/C(=O)O)cc2O)COc2ccc(/C=C/C(=O)O)cc2O)c(O)c1. The Morgan fingerprint density at radius 3 is 0.789 bits per heavy atom. The first kappa shape index (κ1) is 41.9. The van der Waals surface area contributed by atoms with Crippen molar-refractivity contribution in [3.8, 4) is 46.0 Å². The van der Waals surface area contributed by atoms with Crippen LogP contribution in [-0.4, -0.2) is 91.2 Å². The zero-order valence-corrected chi connectivity index (χ0v) is 29.7. The highest BCUT2D eigenvalue weighted by Gasteiger charge is 2.37. The van der Waals surface area contributed by atoms with Crippen LogP contribution in [0.5, 0.6) is 46.0 Å². The number of ether oxygens (including phenoxy) is 4. The summed E-state index contributed by atoms with van der Waals surface area (Å²) in [5, 5.41) is 79.0. The standard InChI is InChI=1S/C41H36O16/c42-29-17-25(5-13-37(46)47)1-9-33(29)54-21-41(22-55-34-10-2-26(18-30(34)43)6-14-38(48)49,23-56-35-11-3-27(19-31(35)44)7-15-39(50)51)24-57-36-12-4-28(20-32(36)45)8-16-40(52)53/h1-20,42-45H,21-24H2,(H,46,47)(H,48,49)(H,50,51)(H,52,53)/b13-5+,14-6+,15-7+,16-8+. The lowest BCUT2D eigenvalue weighted by molar-refractivity contribution is -0.132. The molecule has 0 aliphatic rings. The third-order valence-corrected chi connectivity index (χ3v) is 7.74. The molecular formula is C41H36O16. The van der Waals surface area contributed by atoms with Crippen LogP contribution in [-0.2, 0) is 19.2 Å². The number of carboxylic acids is 4. The number of aromatic hydroxyl groups is 4. The number of aliphatic carboxylic acids is 4. The topological polar surface area (TPSA) is 267 Å². The highest BCUT2D eigenvalue weighted by atomic mass is 16.5. The van der Waals surface area contributed by atoms with E-state index in [4.69, 9.17) is 39.4 Å². The number of hydrogen-bond donors (Lipinski definition) is 8. The summed E-state index contributed by atoms with van der Waals surface area (Å²) in [6.07, 6.45) is 8.54. The van der Waals surface area contributed by atoms with Gasteiger partial charge < -0.3 is 59.8 Å². The minimum absolute atomic E-state index is 0.0564. The van der Waals surface area contributed by atoms with Crippen LogP contribution in [0.15, 0.2) is 97.1 Å². The summed E-state index contributed by atoms with van der Waals surface area (Å²) >= 11 is 0. The average Bonchev–Trinajstić information content (AvgIpc) is 3.15. The monoisotopic (exact) mass is 784 g/mol. The molecule has 296 valence electrons. The van der Waals surface area contributed by atoms with E-state index in [1.54, 1.807) is 0 Å². The van der Waals surface area contributed by atoms with E-state index in [1.165, 1.54) is 97.1 Å². The molecule has 0 atom stereocenters. The predicted molar refractivity (Wildman–Crippen MR) is 204 cm³/mol. The maximum Gasteiger partial charge on any atom is 0.328 e. The minimum atomic E-state index is -1.47. The van der Waals surface area contributed by atoms with Gasteiger partial charge in [0.05, 0.1) is 0 Å². The lowest BCUT2D eigenvalue weighted by atomic mass is 9.91. The van der Waals surface area contributed by atoms with Crippen LogP contribution >= 0.6 is 0 Å². The van der Waals surface area contributed by atoms with Crippen LogP contribution in [0.25, 0.3) is 24.3 Å². The van der Waals surface area contributed by atoms with E-state index in [1.807, 2.05) is 0 Å². The third-order valence-electron chi connectivity index (χ3n) is 7.74. The maximum atomic E-state index is 11.0. The van der Waals surface area contributed by atoms with E-state index < -0.39 is 29.3 Å². The molecule has 0 unspecified atom stereocenters. The van der Waals surface area contributed by atoms with Crippen molar-refractivity contribution in [2.75, 3.05) is 26.4 Å². The van der Waals surface area contributed by atoms with Gasteiger partial charge in [-0.15, -0.1) is 0 Å². The molecule has 0 aromatic heterocycles. The second-order valence-electron chi connectivity index (χ2n) is 12.2. The molecule has 0 fully saturated rings. The van der Waals surface area contributed by atoms with Crippen molar-refractivity contribution in [3.63, 3.8) is 0 Å². The molecule has 0 aliphatic carbocycles. The van der Waals surface area contributed by atoms with E-state index in [0.717, 1.165) is 24.3 Å². The highest BCUT2D eigenvalue weighted by Crippen LogP contribution is 2.36. The smallest absolute Gasteiger partial charge is 0.328 e. The van der Waals surface area contributed by atoms with Gasteiger partial charge in [-0.2, -0.15) is 0 Å². The number of benzene rings is 4. The zero-order valence-electron chi connectivity index (χ0n) is 29.7. The Labute approximate surface area is 324 Å². The minimum Gasteiger partial charge on any atom is -0.504 e. The molecule has 8 N–H and O–H groups in total. The van der Waals surface area contributed by atoms with E-state index in [9.17, 15) is 39.6 Å². The molecule has 0 spiro atoms. The number of rotatable bonds is 20. The van der Waals surface area contributed by atoms with Crippen molar-refractivity contribution in [1.29, 1.82) is 0 Å². The van der Waals surface area contributed by atoms with Gasteiger partial charge in [-0.1, -0.05) is 24.3 Å². The van der Waals surface area contributed by atoms with E-state index in [-0.39, 0.29) is 72.4 Å². The molecule has 57 heavy (non-hydrogen) atoms. The van der Waals surface area contributed by atoms with Gasteiger partial charge in [0.2, 0.25) is 0 Å². The van der Waals surface area contributed by atoms with E-state index in [2.05, 4.69) is 0 Å². The summed E-state index contributed by atoms with van der Waals surface area (Å²) in [4.78, 5) is 43.9. The Balaban J connectivity index is 1.73. The highest BCUT2D eigenvalue weighted by molar-refractivity contribution is 5.87. The van der Waals surface area contributed by atoms with Gasteiger partial charge in [-0.25, -0.2) is 19.2 Å². The second-order valence-corrected chi connectivity index (χ2v) is 12.2. The number of phenols is 4. The molecule has 0 heterocycles. The van der Waals surface area contributed by atoms with Crippen LogP contribution < -0.4 is 18.9 Å². The fourth-order valence-corrected chi connectivity index (χ4v) is 4.88. The van der Waals surface area contributed by atoms with Crippen molar-refractivity contribution in [3.05, 3.63) is 119 Å². The molecule has 4 aromatic carbocycles. The molecular weight excluding hydrogens is 748 g/mol. The molecule has 4 aromatic rings. The van der Waals surface area contributed by atoms with Gasteiger partial charge in [-0.05, 0) is 95.1 Å². The molecule has 16 heteroatoms. The van der Waals surface area contributed by atoms with Gasteiger partial charge in [-0.3, -0.25) is 0 Å². The van der Waals surface area contributed by atoms with Gasteiger partial charge in [0.1, 0.15) is 31.8 Å². The predicted octanol–water partition coefficient (Wildman–Crippen LogP) is 5.50. The first-order chi connectivity index (χ1) is 27.1. The first-order valence-electron chi connectivity index (χ1n) is 16.6. The van der Waals surface area contributed by atoms with Gasteiger partial charge >= 0.3 is 23.9 Å². The van der Waals surface area contributed by atoms with Crippen LogP contribution in [0.3, 0.4) is 0 Å². The van der Waals surface area contributed by atoms with Crippen LogP contribution in [0, 0.1) is 5.41 Å². The summed E-state index contributed by atoms with van der Waals surface area (Å²) in [6.45, 7) is -1.53. The maximum absolute atomic E-state index is 11.0. The van der Waals surface area contributed by atoms with Crippen molar-refractivity contribution < 1.29 is 79.0 Å². The van der Waals surface area contributed by atoms with E-state index >= 15 is 0 Å². The van der Waals surface area contributed by atoms with E-state index in [0.29, 0.717) is 22.3 Å². The van der Waals surface area contributed by atoms with Crippen molar-refractivity contribution in [2.24, 2.45) is 5.41 Å². The fourth-order valence-electron chi connectivity index (χ4n) is 4.88. The second kappa shape index (κ2) is 19.4. The molecule has 0 saturated heterocycles. The Morgan fingerprint density at radius 1 is 0.404 bits per heavy atom. The normalized spacial score (nSPS) is 11.6. The first-order valence-corrected chi connectivity index (χ1v) is 16.6. The molecule has 0 bridgehead atoms. The molecule has 0 radical (unpaired) electrons. The van der Waals surface area contributed by atoms with Gasteiger partial charge in [0, 0.05) is 24.3 Å². The molecule has 0 saturated carbocycles. The number of hydrogen-bond acceptors (Lipinski definition) is 12. The van der Waals surface area contributed by atoms with Crippen molar-refractivity contribution in [1.82, 2.24) is 0 Å². The zero-order chi connectivity index (χ0) is 41.5. The summed E-state index contributed by atoms with van der Waals surface area (Å²) in [5.41, 5.74) is -0.0971. The molecule has 0 amide bonds. The average molecular weight is 785 g/mol. The Hall–Kier alpha value is -7.88. The van der Waals surface area contributed by atoms with Crippen LogP contribution in [0.4, 0.5) is 0 Å². The molecule has 4 rings (SSSR count). The Kier molecular flexibility index (Phi) is 14.3. The van der Waals surface area contributed by atoms with Crippen molar-refractivity contribution in [2.45, 2.75) is 0 Å². The summed E-state index contributed by atoms with van der Waals surface area (Å²) in [5.74, 6) is -6.51.